The summed E-state index contributed by atoms with van der Waals surface area (Å²) in [7, 11) is 0. The Hall–Kier alpha value is -1.85. The predicted octanol–water partition coefficient (Wildman–Crippen LogP) is 3.73. The van der Waals surface area contributed by atoms with Gasteiger partial charge in [0.05, 0.1) is 0 Å². The van der Waals surface area contributed by atoms with E-state index in [9.17, 15) is 4.79 Å². The number of ketones is 1. The summed E-state index contributed by atoms with van der Waals surface area (Å²) in [6.07, 6.45) is 1.71. The molecular weight excluding hydrogens is 196 g/mol. The average Bonchev–Trinajstić information content (AvgIpc) is 2.30. The molecule has 82 valence electrons. The van der Waals surface area contributed by atoms with Crippen molar-refractivity contribution in [2.75, 3.05) is 0 Å². The van der Waals surface area contributed by atoms with Gasteiger partial charge in [0.25, 0.3) is 0 Å². The lowest BCUT2D eigenvalue weighted by molar-refractivity contribution is -0.118. The van der Waals surface area contributed by atoms with E-state index in [4.69, 9.17) is 0 Å². The first-order valence-corrected chi connectivity index (χ1v) is 5.23. The lowest BCUT2D eigenvalue weighted by Crippen LogP contribution is -2.04. The third-order valence-corrected chi connectivity index (χ3v) is 2.70. The normalized spacial score (nSPS) is 11.4. The van der Waals surface area contributed by atoms with Gasteiger partial charge in [-0.2, -0.15) is 0 Å². The largest absolute Gasteiger partial charge is 0.299 e. The van der Waals surface area contributed by atoms with Crippen LogP contribution in [-0.4, -0.2) is 5.78 Å². The molecule has 16 heavy (non-hydrogen) atoms. The maximum atomic E-state index is 11.3. The van der Waals surface area contributed by atoms with Crippen molar-refractivity contribution in [1.82, 2.24) is 0 Å². The summed E-state index contributed by atoms with van der Waals surface area (Å²) < 4.78 is 0. The van der Waals surface area contributed by atoms with Crippen molar-refractivity contribution in [2.45, 2.75) is 19.8 Å². The molecule has 0 aliphatic rings. The molecule has 0 saturated heterocycles. The number of allylic oxidation sites excluding steroid dienone is 2. The molecule has 0 fully saturated rings. The minimum Gasteiger partial charge on any atom is -0.299 e. The van der Waals surface area contributed by atoms with Crippen LogP contribution in [0.1, 0.15) is 30.9 Å². The van der Waals surface area contributed by atoms with E-state index in [1.54, 1.807) is 13.0 Å². The lowest BCUT2D eigenvalue weighted by atomic mass is 9.94. The summed E-state index contributed by atoms with van der Waals surface area (Å²) in [4.78, 5) is 11.3. The Bertz CT molecular complexity index is 462. The Balaban J connectivity index is 3.18. The first-order chi connectivity index (χ1) is 7.60. The van der Waals surface area contributed by atoms with Crippen molar-refractivity contribution in [3.8, 4) is 0 Å². The van der Waals surface area contributed by atoms with Crippen molar-refractivity contribution in [1.29, 1.82) is 0 Å². The zero-order valence-corrected chi connectivity index (χ0v) is 9.79. The van der Waals surface area contributed by atoms with Crippen LogP contribution in [0, 0.1) is 0 Å². The molecule has 1 atom stereocenters. The maximum absolute atomic E-state index is 11.3. The van der Waals surface area contributed by atoms with Gasteiger partial charge in [-0.15, -0.1) is 5.73 Å². The molecule has 0 aliphatic carbocycles. The van der Waals surface area contributed by atoms with E-state index in [1.807, 2.05) is 31.2 Å². The van der Waals surface area contributed by atoms with Crippen LogP contribution in [0.3, 0.4) is 0 Å². The fourth-order valence-electron chi connectivity index (χ4n) is 1.50. The molecule has 0 N–H and O–H groups in total. The van der Waals surface area contributed by atoms with Crippen LogP contribution >= 0.6 is 0 Å². The summed E-state index contributed by atoms with van der Waals surface area (Å²) in [5.41, 5.74) is 5.70. The topological polar surface area (TPSA) is 17.1 Å². The second kappa shape index (κ2) is 5.29. The van der Waals surface area contributed by atoms with Gasteiger partial charge in [0.15, 0.2) is 0 Å². The standard InChI is InChI=1S/C15H16O/c1-5-13(6-2)15-9-7-8-14(10-15)11(3)12(4)16/h5,7-11H,1-2H2,3-4H3/t11-/m1/s1. The van der Waals surface area contributed by atoms with Crippen LogP contribution in [0.4, 0.5) is 0 Å². The Morgan fingerprint density at radius 1 is 1.50 bits per heavy atom. The van der Waals surface area contributed by atoms with Crippen LogP contribution < -0.4 is 0 Å². The van der Waals surface area contributed by atoms with E-state index in [-0.39, 0.29) is 11.7 Å². The molecule has 1 nitrogen and oxygen atoms in total. The van der Waals surface area contributed by atoms with Crippen LogP contribution in [0.25, 0.3) is 5.57 Å². The number of Topliss-reactive ketones (excluding diaryl/α,β-unsaturated/α-hetero) is 1. The molecule has 0 bridgehead atoms. The Labute approximate surface area is 96.8 Å². The van der Waals surface area contributed by atoms with Crippen LogP contribution in [0.5, 0.6) is 0 Å². The van der Waals surface area contributed by atoms with E-state index in [0.29, 0.717) is 0 Å². The number of benzene rings is 1. The number of carbonyl (C=O) groups excluding carboxylic acids is 1. The maximum Gasteiger partial charge on any atom is 0.136 e. The van der Waals surface area contributed by atoms with Crippen molar-refractivity contribution in [2.24, 2.45) is 0 Å². The molecule has 1 rings (SSSR count). The molecule has 0 radical (unpaired) electrons. The number of carbonyl (C=O) groups is 1. The van der Waals surface area contributed by atoms with Crippen molar-refractivity contribution >= 4 is 11.4 Å². The highest BCUT2D eigenvalue weighted by atomic mass is 16.1. The smallest absolute Gasteiger partial charge is 0.136 e. The molecule has 1 heteroatoms. The van der Waals surface area contributed by atoms with Gasteiger partial charge in [0, 0.05) is 11.5 Å². The molecule has 1 aromatic rings. The number of hydrogen-bond acceptors (Lipinski definition) is 1. The van der Waals surface area contributed by atoms with Gasteiger partial charge in [-0.3, -0.25) is 4.79 Å². The third kappa shape index (κ3) is 2.59. The predicted molar refractivity (Wildman–Crippen MR) is 68.3 cm³/mol. The Kier molecular flexibility index (Phi) is 4.04. The molecule has 0 amide bonds. The third-order valence-electron chi connectivity index (χ3n) is 2.70. The van der Waals surface area contributed by atoms with Crippen LogP contribution in [0.15, 0.2) is 49.2 Å². The highest BCUT2D eigenvalue weighted by Crippen LogP contribution is 2.21. The van der Waals surface area contributed by atoms with Crippen LogP contribution in [0.2, 0.25) is 0 Å². The zero-order valence-electron chi connectivity index (χ0n) is 9.79. The summed E-state index contributed by atoms with van der Waals surface area (Å²) in [6, 6.07) is 7.84. The molecule has 0 aromatic heterocycles. The van der Waals surface area contributed by atoms with Crippen molar-refractivity contribution in [3.05, 3.63) is 60.4 Å². The van der Waals surface area contributed by atoms with Crippen molar-refractivity contribution < 1.29 is 4.79 Å². The summed E-state index contributed by atoms with van der Waals surface area (Å²) in [6.45, 7) is 10.8. The Morgan fingerprint density at radius 3 is 2.69 bits per heavy atom. The summed E-state index contributed by atoms with van der Waals surface area (Å²) in [5.74, 6) is 0.0933. The fourth-order valence-corrected chi connectivity index (χ4v) is 1.50. The first-order valence-electron chi connectivity index (χ1n) is 5.23. The van der Waals surface area contributed by atoms with Crippen LogP contribution in [-0.2, 0) is 4.79 Å². The molecule has 1 aromatic carbocycles. The molecule has 0 aliphatic heterocycles. The molecular formula is C15H16O. The molecule has 0 spiro atoms. The SMILES string of the molecule is C=C=C(C=C)c1cccc([C@H](C)C(C)=O)c1. The highest BCUT2D eigenvalue weighted by molar-refractivity contribution is 5.83. The monoisotopic (exact) mass is 212 g/mol. The van der Waals surface area contributed by atoms with Gasteiger partial charge in [-0.05, 0) is 24.1 Å². The van der Waals surface area contributed by atoms with E-state index in [2.05, 4.69) is 18.9 Å². The van der Waals surface area contributed by atoms with Gasteiger partial charge in [0.1, 0.15) is 5.78 Å². The van der Waals surface area contributed by atoms with E-state index in [0.717, 1.165) is 16.7 Å². The average molecular weight is 212 g/mol. The first kappa shape index (κ1) is 12.2. The lowest BCUT2D eigenvalue weighted by Gasteiger charge is -2.09. The summed E-state index contributed by atoms with van der Waals surface area (Å²) >= 11 is 0. The molecule has 0 saturated carbocycles. The quantitative estimate of drug-likeness (QED) is 0.549. The molecule has 0 unspecified atom stereocenters. The zero-order chi connectivity index (χ0) is 12.1. The Morgan fingerprint density at radius 2 is 2.19 bits per heavy atom. The minimum absolute atomic E-state index is 0.0733. The summed E-state index contributed by atoms with van der Waals surface area (Å²) in [5, 5.41) is 0. The highest BCUT2D eigenvalue weighted by Gasteiger charge is 2.10. The van der Waals surface area contributed by atoms with Gasteiger partial charge in [-0.25, -0.2) is 0 Å². The second-order valence-electron chi connectivity index (χ2n) is 3.75. The van der Waals surface area contributed by atoms with Gasteiger partial charge >= 0.3 is 0 Å². The van der Waals surface area contributed by atoms with Gasteiger partial charge in [0.2, 0.25) is 0 Å². The van der Waals surface area contributed by atoms with E-state index < -0.39 is 0 Å². The number of hydrogen-bond donors (Lipinski definition) is 0. The van der Waals surface area contributed by atoms with E-state index in [1.165, 1.54) is 0 Å². The number of rotatable bonds is 4. The minimum atomic E-state index is -0.0733. The second-order valence-corrected chi connectivity index (χ2v) is 3.75. The van der Waals surface area contributed by atoms with Gasteiger partial charge in [-0.1, -0.05) is 44.4 Å². The van der Waals surface area contributed by atoms with Crippen molar-refractivity contribution in [3.63, 3.8) is 0 Å². The van der Waals surface area contributed by atoms with Gasteiger partial charge < -0.3 is 0 Å². The van der Waals surface area contributed by atoms with E-state index >= 15 is 0 Å². The fraction of sp³-hybridized carbons (Fsp3) is 0.200. The molecule has 0 heterocycles.